The highest BCUT2D eigenvalue weighted by Crippen LogP contribution is 2.30. The normalized spacial score (nSPS) is 9.74. The van der Waals surface area contributed by atoms with Crippen molar-refractivity contribution in [3.05, 3.63) is 30.0 Å². The van der Waals surface area contributed by atoms with E-state index in [9.17, 15) is 4.79 Å². The number of nitrogens with two attached hydrogens (primary N) is 1. The van der Waals surface area contributed by atoms with E-state index in [0.29, 0.717) is 11.4 Å². The first-order valence-corrected chi connectivity index (χ1v) is 6.96. The fourth-order valence-corrected chi connectivity index (χ4v) is 2.05. The summed E-state index contributed by atoms with van der Waals surface area (Å²) in [6.45, 7) is 5.66. The van der Waals surface area contributed by atoms with E-state index in [4.69, 9.17) is 20.1 Å². The molecule has 1 aromatic carbocycles. The van der Waals surface area contributed by atoms with Crippen LogP contribution >= 0.6 is 0 Å². The number of ether oxygens (including phenoxy) is 1. The Balaban J connectivity index is 0.000000816. The van der Waals surface area contributed by atoms with E-state index in [-0.39, 0.29) is 24.7 Å². The molecule has 1 heterocycles. The van der Waals surface area contributed by atoms with Crippen molar-refractivity contribution in [2.45, 2.75) is 26.8 Å². The van der Waals surface area contributed by atoms with Gasteiger partial charge in [0.2, 0.25) is 0 Å². The Bertz CT molecular complexity index is 723. The smallest absolute Gasteiger partial charge is 0.373 e. The van der Waals surface area contributed by atoms with Gasteiger partial charge in [0.1, 0.15) is 5.75 Å². The summed E-state index contributed by atoms with van der Waals surface area (Å²) < 4.78 is 5.57. The number of pyridine rings is 1. The number of anilines is 1. The Hall–Kier alpha value is -2.92. The summed E-state index contributed by atoms with van der Waals surface area (Å²) >= 11 is 0. The fourth-order valence-electron chi connectivity index (χ4n) is 2.05. The minimum Gasteiger partial charge on any atom is -0.483 e. The molecule has 0 saturated heterocycles. The molecule has 3 N–H and O–H groups in total. The SMILES string of the molecule is Cc1cc(N)c2c(OCC(=O)NC(C)C)cccc2n1.O=C=O. The van der Waals surface area contributed by atoms with Gasteiger partial charge in [-0.25, -0.2) is 0 Å². The molecule has 0 unspecified atom stereocenters. The third-order valence-corrected chi connectivity index (χ3v) is 2.76. The van der Waals surface area contributed by atoms with Gasteiger partial charge in [-0.3, -0.25) is 9.78 Å². The maximum absolute atomic E-state index is 11.6. The molecule has 2 rings (SSSR count). The van der Waals surface area contributed by atoms with Crippen molar-refractivity contribution >= 4 is 28.6 Å². The molecule has 0 atom stereocenters. The monoisotopic (exact) mass is 317 g/mol. The lowest BCUT2D eigenvalue weighted by Gasteiger charge is -2.12. The molecule has 0 bridgehead atoms. The van der Waals surface area contributed by atoms with E-state index in [1.165, 1.54) is 0 Å². The minimum absolute atomic E-state index is 0.0371. The van der Waals surface area contributed by atoms with Crippen molar-refractivity contribution in [1.29, 1.82) is 0 Å². The molecule has 0 aliphatic heterocycles. The molecule has 0 radical (unpaired) electrons. The number of hydrogen-bond acceptors (Lipinski definition) is 6. The molecule has 0 aliphatic carbocycles. The number of carbonyl (C=O) groups excluding carboxylic acids is 3. The van der Waals surface area contributed by atoms with Crippen molar-refractivity contribution < 1.29 is 19.1 Å². The van der Waals surface area contributed by atoms with Crippen molar-refractivity contribution in [2.75, 3.05) is 12.3 Å². The summed E-state index contributed by atoms with van der Waals surface area (Å²) in [4.78, 5) is 32.3. The summed E-state index contributed by atoms with van der Waals surface area (Å²) in [5, 5.41) is 3.52. The van der Waals surface area contributed by atoms with Crippen LogP contribution in [-0.4, -0.2) is 29.7 Å². The molecule has 23 heavy (non-hydrogen) atoms. The first kappa shape index (κ1) is 18.1. The van der Waals surface area contributed by atoms with Gasteiger partial charge in [-0.15, -0.1) is 0 Å². The van der Waals surface area contributed by atoms with Gasteiger partial charge in [-0.2, -0.15) is 9.59 Å². The number of benzene rings is 1. The van der Waals surface area contributed by atoms with E-state index < -0.39 is 0 Å². The third kappa shape index (κ3) is 5.41. The average Bonchev–Trinajstić information content (AvgIpc) is 2.44. The van der Waals surface area contributed by atoms with Crippen LogP contribution in [0, 0.1) is 6.92 Å². The summed E-state index contributed by atoms with van der Waals surface area (Å²) in [7, 11) is 0. The lowest BCUT2D eigenvalue weighted by Crippen LogP contribution is -2.34. The molecule has 7 nitrogen and oxygen atoms in total. The summed E-state index contributed by atoms with van der Waals surface area (Å²) in [6, 6.07) is 7.39. The van der Waals surface area contributed by atoms with Crippen LogP contribution in [0.4, 0.5) is 5.69 Å². The molecule has 122 valence electrons. The standard InChI is InChI=1S/C15H19N3O2.CO2/c1-9(2)17-14(19)8-20-13-6-4-5-12-15(13)11(16)7-10(3)18-12;2-1-3/h4-7,9H,8H2,1-3H3,(H2,16,18)(H,17,19);. The first-order chi connectivity index (χ1) is 10.9. The maximum Gasteiger partial charge on any atom is 0.373 e. The highest BCUT2D eigenvalue weighted by atomic mass is 16.5. The van der Waals surface area contributed by atoms with Gasteiger partial charge >= 0.3 is 6.15 Å². The number of nitrogen functional groups attached to an aromatic ring is 1. The zero-order valence-electron chi connectivity index (χ0n) is 13.3. The number of nitrogens with zero attached hydrogens (tertiary/aromatic N) is 1. The van der Waals surface area contributed by atoms with Gasteiger partial charge in [0.25, 0.3) is 5.91 Å². The number of fused-ring (bicyclic) bond motifs is 1. The van der Waals surface area contributed by atoms with Gasteiger partial charge in [0.15, 0.2) is 6.61 Å². The van der Waals surface area contributed by atoms with E-state index in [0.717, 1.165) is 16.6 Å². The second-order valence-corrected chi connectivity index (χ2v) is 5.10. The molecular formula is C16H19N3O4. The second-order valence-electron chi connectivity index (χ2n) is 5.10. The zero-order valence-corrected chi connectivity index (χ0v) is 13.3. The Morgan fingerprint density at radius 2 is 2.04 bits per heavy atom. The predicted octanol–water partition coefficient (Wildman–Crippen LogP) is 1.45. The maximum atomic E-state index is 11.6. The minimum atomic E-state index is -0.157. The second kappa shape index (κ2) is 8.51. The van der Waals surface area contributed by atoms with Gasteiger partial charge < -0.3 is 15.8 Å². The van der Waals surface area contributed by atoms with Crippen molar-refractivity contribution in [3.63, 3.8) is 0 Å². The highest BCUT2D eigenvalue weighted by molar-refractivity contribution is 5.95. The Labute approximate surface area is 133 Å². The lowest BCUT2D eigenvalue weighted by molar-refractivity contribution is -0.191. The number of aryl methyl sites for hydroxylation is 1. The van der Waals surface area contributed by atoms with Crippen LogP contribution in [0.15, 0.2) is 24.3 Å². The van der Waals surface area contributed by atoms with Crippen LogP contribution in [0.3, 0.4) is 0 Å². The third-order valence-electron chi connectivity index (χ3n) is 2.76. The van der Waals surface area contributed by atoms with Gasteiger partial charge in [0.05, 0.1) is 10.9 Å². The number of carbonyl (C=O) groups is 1. The molecule has 1 aromatic heterocycles. The van der Waals surface area contributed by atoms with E-state index >= 15 is 0 Å². The van der Waals surface area contributed by atoms with Gasteiger partial charge in [-0.05, 0) is 39.0 Å². The molecule has 2 aromatic rings. The molecule has 0 spiro atoms. The molecule has 0 aliphatic rings. The van der Waals surface area contributed by atoms with Crippen LogP contribution < -0.4 is 15.8 Å². The van der Waals surface area contributed by atoms with Crippen molar-refractivity contribution in [1.82, 2.24) is 10.3 Å². The molecular weight excluding hydrogens is 298 g/mol. The van der Waals surface area contributed by atoms with Crippen LogP contribution in [0.2, 0.25) is 0 Å². The Morgan fingerprint density at radius 1 is 1.39 bits per heavy atom. The van der Waals surface area contributed by atoms with Crippen molar-refractivity contribution in [3.8, 4) is 5.75 Å². The number of aromatic nitrogens is 1. The first-order valence-electron chi connectivity index (χ1n) is 6.96. The number of rotatable bonds is 4. The number of amides is 1. The van der Waals surface area contributed by atoms with Crippen LogP contribution in [0.25, 0.3) is 10.9 Å². The highest BCUT2D eigenvalue weighted by Gasteiger charge is 2.10. The predicted molar refractivity (Wildman–Crippen MR) is 84.7 cm³/mol. The molecule has 0 fully saturated rings. The summed E-state index contributed by atoms with van der Waals surface area (Å²) in [5.74, 6) is 0.419. The summed E-state index contributed by atoms with van der Waals surface area (Å²) in [5.41, 5.74) is 8.25. The van der Waals surface area contributed by atoms with Crippen LogP contribution in [0.1, 0.15) is 19.5 Å². The Kier molecular flexibility index (Phi) is 6.70. The number of hydrogen-bond donors (Lipinski definition) is 2. The molecule has 7 heteroatoms. The van der Waals surface area contributed by atoms with Crippen LogP contribution in [0.5, 0.6) is 5.75 Å². The largest absolute Gasteiger partial charge is 0.483 e. The average molecular weight is 317 g/mol. The van der Waals surface area contributed by atoms with E-state index in [2.05, 4.69) is 10.3 Å². The van der Waals surface area contributed by atoms with E-state index in [1.807, 2.05) is 32.9 Å². The topological polar surface area (TPSA) is 111 Å². The van der Waals surface area contributed by atoms with Gasteiger partial charge in [0, 0.05) is 17.4 Å². The van der Waals surface area contributed by atoms with Gasteiger partial charge in [-0.1, -0.05) is 6.07 Å². The zero-order chi connectivity index (χ0) is 17.4. The van der Waals surface area contributed by atoms with Crippen molar-refractivity contribution in [2.24, 2.45) is 0 Å². The number of nitrogens with one attached hydrogen (secondary N) is 1. The van der Waals surface area contributed by atoms with Crippen LogP contribution in [-0.2, 0) is 14.4 Å². The lowest BCUT2D eigenvalue weighted by atomic mass is 10.1. The molecule has 1 amide bonds. The fraction of sp³-hybridized carbons (Fsp3) is 0.312. The summed E-state index contributed by atoms with van der Waals surface area (Å²) in [6.07, 6.45) is 0.250. The quantitative estimate of drug-likeness (QED) is 0.882. The van der Waals surface area contributed by atoms with E-state index in [1.54, 1.807) is 12.1 Å². The molecule has 0 saturated carbocycles. The Morgan fingerprint density at radius 3 is 2.65 bits per heavy atom.